The van der Waals surface area contributed by atoms with Crippen molar-refractivity contribution in [1.29, 1.82) is 0 Å². The predicted octanol–water partition coefficient (Wildman–Crippen LogP) is 1.69. The first-order chi connectivity index (χ1) is 11.2. The summed E-state index contributed by atoms with van der Waals surface area (Å²) in [6.45, 7) is 4.55. The van der Waals surface area contributed by atoms with E-state index in [0.717, 1.165) is 12.2 Å². The number of carbonyl (C=O) groups is 1. The van der Waals surface area contributed by atoms with Crippen molar-refractivity contribution in [2.24, 2.45) is 0 Å². The summed E-state index contributed by atoms with van der Waals surface area (Å²) in [6, 6.07) is 8.70. The van der Waals surface area contributed by atoms with Crippen molar-refractivity contribution in [2.75, 3.05) is 11.9 Å². The molecule has 0 saturated carbocycles. The molecule has 1 aromatic carbocycles. The number of hydrogen-bond acceptors (Lipinski definition) is 5. The van der Waals surface area contributed by atoms with Crippen LogP contribution in [0.25, 0.3) is 0 Å². The second-order valence-electron chi connectivity index (χ2n) is 6.07. The van der Waals surface area contributed by atoms with E-state index in [-0.39, 0.29) is 12.5 Å². The fourth-order valence-corrected chi connectivity index (χ4v) is 2.92. The summed E-state index contributed by atoms with van der Waals surface area (Å²) in [5.74, 6) is -0.144. The molecule has 7 heteroatoms. The number of amides is 1. The van der Waals surface area contributed by atoms with E-state index in [4.69, 9.17) is 0 Å². The standard InChI is InChI=1S/C16H22N6O/c1-13-4-2-3-9-21(13)10-14-5-7-15(8-6-14)18-16(23)11-22-12-17-19-20-22/h5-8,12-13H,2-4,9-11H2,1H3,(H,18,23). The van der Waals surface area contributed by atoms with E-state index in [1.807, 2.05) is 12.1 Å². The molecule has 1 fully saturated rings. The zero-order chi connectivity index (χ0) is 16.1. The Morgan fingerprint density at radius 1 is 1.30 bits per heavy atom. The molecule has 2 aromatic rings. The Kier molecular flexibility index (Phi) is 4.97. The largest absolute Gasteiger partial charge is 0.324 e. The van der Waals surface area contributed by atoms with E-state index >= 15 is 0 Å². The molecule has 1 amide bonds. The summed E-state index contributed by atoms with van der Waals surface area (Å²) in [7, 11) is 0. The molecule has 0 spiro atoms. The fraction of sp³-hybridized carbons (Fsp3) is 0.500. The second kappa shape index (κ2) is 7.32. The first-order valence-corrected chi connectivity index (χ1v) is 8.04. The first-order valence-electron chi connectivity index (χ1n) is 8.04. The molecule has 1 saturated heterocycles. The number of rotatable bonds is 5. The van der Waals surface area contributed by atoms with E-state index in [0.29, 0.717) is 6.04 Å². The number of carbonyl (C=O) groups excluding carboxylic acids is 1. The molecule has 7 nitrogen and oxygen atoms in total. The van der Waals surface area contributed by atoms with Gasteiger partial charge in [0.2, 0.25) is 5.91 Å². The quantitative estimate of drug-likeness (QED) is 0.909. The molecule has 122 valence electrons. The van der Waals surface area contributed by atoms with Gasteiger partial charge in [0.25, 0.3) is 0 Å². The summed E-state index contributed by atoms with van der Waals surface area (Å²) in [6.07, 6.45) is 5.33. The van der Waals surface area contributed by atoms with Crippen molar-refractivity contribution in [1.82, 2.24) is 25.1 Å². The van der Waals surface area contributed by atoms with Crippen LogP contribution >= 0.6 is 0 Å². The Balaban J connectivity index is 1.53. The maximum atomic E-state index is 11.9. The Hall–Kier alpha value is -2.28. The van der Waals surface area contributed by atoms with Gasteiger partial charge in [0.15, 0.2) is 0 Å². The van der Waals surface area contributed by atoms with Crippen LogP contribution in [0, 0.1) is 0 Å². The van der Waals surface area contributed by atoms with Gasteiger partial charge in [0.05, 0.1) is 0 Å². The van der Waals surface area contributed by atoms with Crippen LogP contribution in [0.5, 0.6) is 0 Å². The molecular formula is C16H22N6O. The second-order valence-corrected chi connectivity index (χ2v) is 6.07. The van der Waals surface area contributed by atoms with Gasteiger partial charge in [-0.3, -0.25) is 9.69 Å². The van der Waals surface area contributed by atoms with Crippen LogP contribution in [0.15, 0.2) is 30.6 Å². The van der Waals surface area contributed by atoms with Gasteiger partial charge < -0.3 is 5.32 Å². The normalized spacial score (nSPS) is 18.7. The van der Waals surface area contributed by atoms with Crippen molar-refractivity contribution in [2.45, 2.75) is 45.3 Å². The van der Waals surface area contributed by atoms with E-state index in [1.165, 1.54) is 42.4 Å². The summed E-state index contributed by atoms with van der Waals surface area (Å²) >= 11 is 0. The zero-order valence-corrected chi connectivity index (χ0v) is 13.4. The number of tetrazole rings is 1. The predicted molar refractivity (Wildman–Crippen MR) is 86.6 cm³/mol. The zero-order valence-electron chi connectivity index (χ0n) is 13.4. The molecule has 1 N–H and O–H groups in total. The third-order valence-corrected chi connectivity index (χ3v) is 4.26. The summed E-state index contributed by atoms with van der Waals surface area (Å²) in [5, 5.41) is 13.5. The molecule has 0 radical (unpaired) electrons. The summed E-state index contributed by atoms with van der Waals surface area (Å²) < 4.78 is 1.39. The van der Waals surface area contributed by atoms with Gasteiger partial charge in [0, 0.05) is 18.3 Å². The average molecular weight is 314 g/mol. The van der Waals surface area contributed by atoms with Gasteiger partial charge in [-0.2, -0.15) is 0 Å². The molecule has 2 heterocycles. The topological polar surface area (TPSA) is 75.9 Å². The van der Waals surface area contributed by atoms with Crippen LogP contribution in [0.4, 0.5) is 5.69 Å². The van der Waals surface area contributed by atoms with Crippen LogP contribution < -0.4 is 5.32 Å². The first kappa shape index (κ1) is 15.6. The molecular weight excluding hydrogens is 292 g/mol. The number of anilines is 1. The minimum absolute atomic E-state index is 0.111. The highest BCUT2D eigenvalue weighted by Crippen LogP contribution is 2.20. The van der Waals surface area contributed by atoms with Crippen LogP contribution in [0.1, 0.15) is 31.7 Å². The number of hydrogen-bond donors (Lipinski definition) is 1. The lowest BCUT2D eigenvalue weighted by molar-refractivity contribution is -0.116. The maximum absolute atomic E-state index is 11.9. The molecule has 23 heavy (non-hydrogen) atoms. The van der Waals surface area contributed by atoms with Crippen molar-refractivity contribution in [3.05, 3.63) is 36.2 Å². The molecule has 1 aliphatic rings. The average Bonchev–Trinajstić information content (AvgIpc) is 3.04. The van der Waals surface area contributed by atoms with Gasteiger partial charge in [-0.1, -0.05) is 18.6 Å². The maximum Gasteiger partial charge on any atom is 0.246 e. The number of nitrogens with one attached hydrogen (secondary N) is 1. The smallest absolute Gasteiger partial charge is 0.246 e. The monoisotopic (exact) mass is 314 g/mol. The lowest BCUT2D eigenvalue weighted by Gasteiger charge is -2.33. The summed E-state index contributed by atoms with van der Waals surface area (Å²) in [5.41, 5.74) is 2.07. The molecule has 1 atom stereocenters. The number of aromatic nitrogens is 4. The SMILES string of the molecule is CC1CCCCN1Cc1ccc(NC(=O)Cn2cnnn2)cc1. The highest BCUT2D eigenvalue weighted by Gasteiger charge is 2.17. The minimum atomic E-state index is -0.144. The van der Waals surface area contributed by atoms with Crippen molar-refractivity contribution >= 4 is 11.6 Å². The van der Waals surface area contributed by atoms with Crippen molar-refractivity contribution in [3.63, 3.8) is 0 Å². The third-order valence-electron chi connectivity index (χ3n) is 4.26. The molecule has 0 bridgehead atoms. The molecule has 3 rings (SSSR count). The lowest BCUT2D eigenvalue weighted by Crippen LogP contribution is -2.36. The van der Waals surface area contributed by atoms with Crippen LogP contribution in [0.2, 0.25) is 0 Å². The van der Waals surface area contributed by atoms with Crippen LogP contribution in [-0.2, 0) is 17.9 Å². The van der Waals surface area contributed by atoms with E-state index in [2.05, 4.69) is 44.8 Å². The highest BCUT2D eigenvalue weighted by molar-refractivity contribution is 5.90. The molecule has 1 aromatic heterocycles. The molecule has 0 aliphatic carbocycles. The fourth-order valence-electron chi connectivity index (χ4n) is 2.92. The third kappa shape index (κ3) is 4.35. The van der Waals surface area contributed by atoms with Crippen LogP contribution in [-0.4, -0.2) is 43.6 Å². The summed E-state index contributed by atoms with van der Waals surface area (Å²) in [4.78, 5) is 14.4. The van der Waals surface area contributed by atoms with Gasteiger partial charge in [0.1, 0.15) is 12.9 Å². The van der Waals surface area contributed by atoms with Gasteiger partial charge in [-0.15, -0.1) is 5.10 Å². The van der Waals surface area contributed by atoms with Crippen LogP contribution in [0.3, 0.4) is 0 Å². The Labute approximate surface area is 135 Å². The van der Waals surface area contributed by atoms with Gasteiger partial charge in [-0.05, 0) is 54.4 Å². The van der Waals surface area contributed by atoms with E-state index < -0.39 is 0 Å². The number of likely N-dealkylation sites (tertiary alicyclic amines) is 1. The number of piperidine rings is 1. The Morgan fingerprint density at radius 3 is 2.83 bits per heavy atom. The van der Waals surface area contributed by atoms with Crippen molar-refractivity contribution < 1.29 is 4.79 Å². The van der Waals surface area contributed by atoms with E-state index in [9.17, 15) is 4.79 Å². The molecule has 1 aliphatic heterocycles. The lowest BCUT2D eigenvalue weighted by atomic mass is 10.0. The van der Waals surface area contributed by atoms with E-state index in [1.54, 1.807) is 0 Å². The number of benzene rings is 1. The molecule has 1 unspecified atom stereocenters. The highest BCUT2D eigenvalue weighted by atomic mass is 16.2. The number of nitrogens with zero attached hydrogens (tertiary/aromatic N) is 5. The Bertz CT molecular complexity index is 625. The van der Waals surface area contributed by atoms with Gasteiger partial charge in [-0.25, -0.2) is 4.68 Å². The van der Waals surface area contributed by atoms with Crippen molar-refractivity contribution in [3.8, 4) is 0 Å². The Morgan fingerprint density at radius 2 is 2.13 bits per heavy atom. The van der Waals surface area contributed by atoms with Gasteiger partial charge >= 0.3 is 0 Å². The minimum Gasteiger partial charge on any atom is -0.324 e.